The van der Waals surface area contributed by atoms with Crippen molar-refractivity contribution in [1.29, 1.82) is 0 Å². The van der Waals surface area contributed by atoms with Gasteiger partial charge in [-0.3, -0.25) is 14.2 Å². The van der Waals surface area contributed by atoms with E-state index in [4.69, 9.17) is 0 Å². The summed E-state index contributed by atoms with van der Waals surface area (Å²) in [6.07, 6.45) is 5.38. The van der Waals surface area contributed by atoms with Crippen LogP contribution in [0.1, 0.15) is 47.3 Å². The summed E-state index contributed by atoms with van der Waals surface area (Å²) in [4.78, 5) is 33.3. The number of anilines is 1. The summed E-state index contributed by atoms with van der Waals surface area (Å²) >= 11 is 2.01. The molecule has 2 atom stereocenters. The lowest BCUT2D eigenvalue weighted by atomic mass is 9.93. The molecule has 3 aromatic rings. The fourth-order valence-electron chi connectivity index (χ4n) is 4.87. The molecule has 2 heterocycles. The van der Waals surface area contributed by atoms with Gasteiger partial charge in [-0.25, -0.2) is 4.98 Å². The molecule has 0 unspecified atom stereocenters. The second-order valence-electron chi connectivity index (χ2n) is 10.1. The summed E-state index contributed by atoms with van der Waals surface area (Å²) in [6.45, 7) is 7.32. The average Bonchev–Trinajstić information content (AvgIpc) is 3.73. The first-order valence-electron chi connectivity index (χ1n) is 13.1. The first kappa shape index (κ1) is 25.5. The van der Waals surface area contributed by atoms with Gasteiger partial charge in [-0.15, -0.1) is 0 Å². The Kier molecular flexibility index (Phi) is 7.96. The maximum absolute atomic E-state index is 13.7. The lowest BCUT2D eigenvalue weighted by Crippen LogP contribution is -2.39. The van der Waals surface area contributed by atoms with Crippen LogP contribution in [0.25, 0.3) is 5.69 Å². The standard InChI is InChI=1S/C29H35N5O2S/c1-20-8-9-23(28(35)31-24-10-11-24)18-25(20)34-13-12-30-27(29(34)36)32-26(22-6-4-3-5-7-22)21(2)19-33-14-16-37-17-15-33/h3-9,12-13,18,21,24,26H,10-11,14-17,19H2,1-2H3,(H,30,32)(H,31,35)/t21-,26-/m1/s1. The van der Waals surface area contributed by atoms with Gasteiger partial charge in [-0.05, 0) is 48.9 Å². The van der Waals surface area contributed by atoms with Gasteiger partial charge in [0, 0.05) is 55.1 Å². The molecule has 2 N–H and O–H groups in total. The number of carbonyl (C=O) groups excluding carboxylic acids is 1. The van der Waals surface area contributed by atoms with Gasteiger partial charge in [-0.2, -0.15) is 11.8 Å². The highest BCUT2D eigenvalue weighted by Gasteiger charge is 2.26. The van der Waals surface area contributed by atoms with Gasteiger partial charge in [0.25, 0.3) is 11.5 Å². The summed E-state index contributed by atoms with van der Waals surface area (Å²) < 4.78 is 1.59. The Morgan fingerprint density at radius 3 is 2.62 bits per heavy atom. The van der Waals surface area contributed by atoms with E-state index in [2.05, 4.69) is 39.6 Å². The SMILES string of the molecule is Cc1ccc(C(=O)NC2CC2)cc1-n1ccnc(N[C@@H](c2ccccc2)[C@H](C)CN2CCSCC2)c1=O. The van der Waals surface area contributed by atoms with Gasteiger partial charge < -0.3 is 15.5 Å². The van der Waals surface area contributed by atoms with Crippen LogP contribution in [0.5, 0.6) is 0 Å². The third-order valence-corrected chi connectivity index (χ3v) is 8.10. The van der Waals surface area contributed by atoms with E-state index in [0.717, 1.165) is 55.1 Å². The van der Waals surface area contributed by atoms with Gasteiger partial charge >= 0.3 is 0 Å². The molecule has 2 fully saturated rings. The molecule has 0 bridgehead atoms. The number of aryl methyl sites for hydroxylation is 1. The van der Waals surface area contributed by atoms with Crippen LogP contribution in [0.3, 0.4) is 0 Å². The predicted octanol–water partition coefficient (Wildman–Crippen LogP) is 4.27. The first-order chi connectivity index (χ1) is 18.0. The second kappa shape index (κ2) is 11.5. The van der Waals surface area contributed by atoms with Crippen molar-refractivity contribution in [3.63, 3.8) is 0 Å². The lowest BCUT2D eigenvalue weighted by molar-refractivity contribution is 0.0951. The normalized spacial score (nSPS) is 17.7. The van der Waals surface area contributed by atoms with Crippen LogP contribution >= 0.6 is 11.8 Å². The van der Waals surface area contributed by atoms with E-state index in [-0.39, 0.29) is 29.5 Å². The number of carbonyl (C=O) groups is 1. The van der Waals surface area contributed by atoms with Crippen LogP contribution in [0.4, 0.5) is 5.82 Å². The molecule has 7 nitrogen and oxygen atoms in total. The quantitative estimate of drug-likeness (QED) is 0.441. The lowest BCUT2D eigenvalue weighted by Gasteiger charge is -2.33. The Morgan fingerprint density at radius 2 is 1.89 bits per heavy atom. The third kappa shape index (κ3) is 6.25. The van der Waals surface area contributed by atoms with Crippen molar-refractivity contribution < 1.29 is 4.79 Å². The van der Waals surface area contributed by atoms with E-state index in [9.17, 15) is 9.59 Å². The number of rotatable bonds is 9. The highest BCUT2D eigenvalue weighted by atomic mass is 32.2. The number of thioether (sulfide) groups is 1. The smallest absolute Gasteiger partial charge is 0.297 e. The van der Waals surface area contributed by atoms with Gasteiger partial charge in [0.15, 0.2) is 5.82 Å². The summed E-state index contributed by atoms with van der Waals surface area (Å²) in [5.41, 5.74) is 3.06. The molecule has 5 rings (SSSR count). The number of hydrogen-bond acceptors (Lipinski definition) is 6. The highest BCUT2D eigenvalue weighted by molar-refractivity contribution is 7.99. The van der Waals surface area contributed by atoms with E-state index < -0.39 is 0 Å². The van der Waals surface area contributed by atoms with Crippen molar-refractivity contribution in [3.8, 4) is 5.69 Å². The van der Waals surface area contributed by atoms with Crippen LogP contribution in [-0.2, 0) is 0 Å². The van der Waals surface area contributed by atoms with Crippen molar-refractivity contribution in [2.24, 2.45) is 5.92 Å². The molecule has 0 radical (unpaired) electrons. The zero-order valence-electron chi connectivity index (χ0n) is 21.5. The van der Waals surface area contributed by atoms with Crippen LogP contribution in [0.2, 0.25) is 0 Å². The minimum Gasteiger partial charge on any atom is -0.358 e. The maximum atomic E-state index is 13.7. The molecule has 1 aromatic heterocycles. The molecule has 1 saturated heterocycles. The van der Waals surface area contributed by atoms with E-state index >= 15 is 0 Å². The van der Waals surface area contributed by atoms with E-state index in [1.165, 1.54) is 0 Å². The van der Waals surface area contributed by atoms with Gasteiger partial charge in [-0.1, -0.05) is 43.3 Å². The number of amides is 1. The Bertz CT molecular complexity index is 1280. The molecule has 1 aliphatic heterocycles. The molecule has 2 aromatic carbocycles. The minimum atomic E-state index is -0.229. The fraction of sp³-hybridized carbons (Fsp3) is 0.414. The molecular formula is C29H35N5O2S. The van der Waals surface area contributed by atoms with Crippen molar-refractivity contribution in [2.75, 3.05) is 36.5 Å². The summed E-state index contributed by atoms with van der Waals surface area (Å²) in [5, 5.41) is 6.53. The Morgan fingerprint density at radius 1 is 1.14 bits per heavy atom. The topological polar surface area (TPSA) is 79.3 Å². The first-order valence-corrected chi connectivity index (χ1v) is 14.3. The summed E-state index contributed by atoms with van der Waals surface area (Å²) in [6, 6.07) is 16.0. The van der Waals surface area contributed by atoms with Crippen molar-refractivity contribution in [1.82, 2.24) is 19.8 Å². The zero-order valence-corrected chi connectivity index (χ0v) is 22.3. The molecule has 194 valence electrons. The van der Waals surface area contributed by atoms with Crippen LogP contribution < -0.4 is 16.2 Å². The molecule has 0 spiro atoms. The Balaban J connectivity index is 1.43. The van der Waals surface area contributed by atoms with E-state index in [1.54, 1.807) is 23.0 Å². The molecular weight excluding hydrogens is 482 g/mol. The van der Waals surface area contributed by atoms with Crippen LogP contribution in [-0.4, -0.2) is 57.5 Å². The van der Waals surface area contributed by atoms with Gasteiger partial charge in [0.2, 0.25) is 0 Å². The molecule has 37 heavy (non-hydrogen) atoms. The second-order valence-corrected chi connectivity index (χ2v) is 11.3. The number of nitrogens with zero attached hydrogens (tertiary/aromatic N) is 3. The summed E-state index contributed by atoms with van der Waals surface area (Å²) in [5.74, 6) is 2.80. The summed E-state index contributed by atoms with van der Waals surface area (Å²) in [7, 11) is 0. The van der Waals surface area contributed by atoms with Crippen molar-refractivity contribution in [2.45, 2.75) is 38.8 Å². The third-order valence-electron chi connectivity index (χ3n) is 7.15. The predicted molar refractivity (Wildman–Crippen MR) is 151 cm³/mol. The van der Waals surface area contributed by atoms with Crippen LogP contribution in [0, 0.1) is 12.8 Å². The van der Waals surface area contributed by atoms with Crippen molar-refractivity contribution in [3.05, 3.63) is 88.0 Å². The van der Waals surface area contributed by atoms with E-state index in [1.807, 2.05) is 49.0 Å². The minimum absolute atomic E-state index is 0.0661. The molecule has 2 aliphatic rings. The number of aromatic nitrogens is 2. The number of nitrogens with one attached hydrogen (secondary N) is 2. The largest absolute Gasteiger partial charge is 0.358 e. The molecule has 8 heteroatoms. The monoisotopic (exact) mass is 517 g/mol. The molecule has 1 aliphatic carbocycles. The molecule has 1 amide bonds. The van der Waals surface area contributed by atoms with E-state index in [0.29, 0.717) is 17.1 Å². The fourth-order valence-corrected chi connectivity index (χ4v) is 5.84. The highest BCUT2D eigenvalue weighted by Crippen LogP contribution is 2.27. The Hall–Kier alpha value is -3.10. The van der Waals surface area contributed by atoms with Gasteiger partial charge in [0.05, 0.1) is 11.7 Å². The van der Waals surface area contributed by atoms with Gasteiger partial charge in [0.1, 0.15) is 0 Å². The Labute approximate surface area is 222 Å². The molecule has 1 saturated carbocycles. The van der Waals surface area contributed by atoms with Crippen LogP contribution in [0.15, 0.2) is 65.7 Å². The average molecular weight is 518 g/mol. The number of benzene rings is 2. The number of hydrogen-bond donors (Lipinski definition) is 2. The zero-order chi connectivity index (χ0) is 25.8. The maximum Gasteiger partial charge on any atom is 0.297 e. The van der Waals surface area contributed by atoms with Crippen molar-refractivity contribution >= 4 is 23.5 Å².